The fraction of sp³-hybridized carbons (Fsp3) is 0.185. The van der Waals surface area contributed by atoms with Gasteiger partial charge in [-0.15, -0.1) is 0 Å². The largest absolute Gasteiger partial charge is 0.478 e. The first kappa shape index (κ1) is 24.2. The maximum absolute atomic E-state index is 13.1. The molecule has 0 spiro atoms. The molecule has 0 aliphatic heterocycles. The molecule has 0 atom stereocenters. The minimum Gasteiger partial charge on any atom is -0.478 e. The van der Waals surface area contributed by atoms with Gasteiger partial charge in [-0.25, -0.2) is 15.0 Å². The molecule has 0 saturated carbocycles. The number of imidazole rings is 1. The highest BCUT2D eigenvalue weighted by atomic mass is 19.4. The van der Waals surface area contributed by atoms with Crippen molar-refractivity contribution < 1.29 is 22.6 Å². The highest BCUT2D eigenvalue weighted by molar-refractivity contribution is 5.60. The van der Waals surface area contributed by atoms with Crippen molar-refractivity contribution in [3.05, 3.63) is 96.3 Å². The first-order valence-electron chi connectivity index (χ1n) is 11.5. The van der Waals surface area contributed by atoms with Crippen LogP contribution in [0.1, 0.15) is 23.1 Å². The number of alkyl halides is 3. The van der Waals surface area contributed by atoms with E-state index in [0.29, 0.717) is 24.0 Å². The van der Waals surface area contributed by atoms with Crippen LogP contribution in [0.3, 0.4) is 0 Å². The van der Waals surface area contributed by atoms with Crippen LogP contribution in [-0.2, 0) is 12.6 Å². The number of rotatable bonds is 8. The van der Waals surface area contributed by atoms with Gasteiger partial charge in [-0.1, -0.05) is 18.2 Å². The number of fused-ring (bicyclic) bond motifs is 1. The summed E-state index contributed by atoms with van der Waals surface area (Å²) in [4.78, 5) is 16.9. The third-order valence-electron chi connectivity index (χ3n) is 5.74. The van der Waals surface area contributed by atoms with Crippen LogP contribution >= 0.6 is 0 Å². The van der Waals surface area contributed by atoms with Gasteiger partial charge in [0.25, 0.3) is 0 Å². The van der Waals surface area contributed by atoms with E-state index in [1.165, 1.54) is 25.4 Å². The quantitative estimate of drug-likeness (QED) is 0.230. The molecule has 0 unspecified atom stereocenters. The lowest BCUT2D eigenvalue weighted by molar-refractivity contribution is -0.138. The van der Waals surface area contributed by atoms with Crippen molar-refractivity contribution in [1.29, 1.82) is 0 Å². The summed E-state index contributed by atoms with van der Waals surface area (Å²) in [7, 11) is 0. The SMILES string of the molecule is Cc1ccc(Oc2ccc(CCCOc3ccn4c(-c5cncnc5)cnc4n3)cc2)cc1C(F)(F)F. The van der Waals surface area contributed by atoms with Crippen LogP contribution in [0.25, 0.3) is 17.0 Å². The second-order valence-corrected chi connectivity index (χ2v) is 8.38. The number of aromatic nitrogens is 5. The number of aryl methyl sites for hydroxylation is 2. The van der Waals surface area contributed by atoms with Crippen LogP contribution in [0.5, 0.6) is 17.4 Å². The van der Waals surface area contributed by atoms with Crippen molar-refractivity contribution in [3.63, 3.8) is 0 Å². The predicted octanol–water partition coefficient (Wildman–Crippen LogP) is 6.32. The lowest BCUT2D eigenvalue weighted by Crippen LogP contribution is -2.07. The molecule has 0 fully saturated rings. The van der Waals surface area contributed by atoms with Crippen LogP contribution < -0.4 is 9.47 Å². The number of hydrogen-bond acceptors (Lipinski definition) is 6. The molecule has 188 valence electrons. The topological polar surface area (TPSA) is 74.4 Å². The van der Waals surface area contributed by atoms with Crippen molar-refractivity contribution >= 4 is 5.78 Å². The average Bonchev–Trinajstić information content (AvgIpc) is 3.32. The molecule has 2 aromatic carbocycles. The normalized spacial score (nSPS) is 11.6. The minimum atomic E-state index is -4.42. The van der Waals surface area contributed by atoms with E-state index in [4.69, 9.17) is 9.47 Å². The Morgan fingerprint density at radius 2 is 1.68 bits per heavy atom. The molecular formula is C27H22F3N5O2. The standard InChI is InChI=1S/C27H22F3N5O2/c1-18-4-7-22(13-23(18)27(28,29)30)37-21-8-5-19(6-9-21)3-2-12-36-25-10-11-35-24(16-33-26(35)34-25)20-14-31-17-32-15-20/h4-11,13-17H,2-3,12H2,1H3. The van der Waals surface area contributed by atoms with Crippen LogP contribution in [0.15, 0.2) is 79.6 Å². The van der Waals surface area contributed by atoms with E-state index in [-0.39, 0.29) is 11.3 Å². The van der Waals surface area contributed by atoms with Crippen molar-refractivity contribution in [1.82, 2.24) is 24.3 Å². The zero-order chi connectivity index (χ0) is 25.8. The molecule has 0 aliphatic carbocycles. The summed E-state index contributed by atoms with van der Waals surface area (Å²) in [6, 6.07) is 13.0. The molecule has 10 heteroatoms. The molecule has 5 aromatic rings. The Balaban J connectivity index is 1.13. The molecule has 0 amide bonds. The van der Waals surface area contributed by atoms with Crippen molar-refractivity contribution in [2.24, 2.45) is 0 Å². The maximum atomic E-state index is 13.1. The molecule has 37 heavy (non-hydrogen) atoms. The molecule has 5 rings (SSSR count). The highest BCUT2D eigenvalue weighted by Crippen LogP contribution is 2.35. The first-order chi connectivity index (χ1) is 17.9. The van der Waals surface area contributed by atoms with Gasteiger partial charge in [0.05, 0.1) is 24.1 Å². The summed E-state index contributed by atoms with van der Waals surface area (Å²) in [6.45, 7) is 1.89. The second kappa shape index (κ2) is 10.3. The van der Waals surface area contributed by atoms with E-state index in [1.807, 2.05) is 22.7 Å². The molecular weight excluding hydrogens is 483 g/mol. The van der Waals surface area contributed by atoms with Gasteiger partial charge < -0.3 is 9.47 Å². The summed E-state index contributed by atoms with van der Waals surface area (Å²) in [5.74, 6) is 1.61. The molecule has 0 aliphatic rings. The van der Waals surface area contributed by atoms with E-state index < -0.39 is 11.7 Å². The smallest absolute Gasteiger partial charge is 0.416 e. The number of hydrogen-bond donors (Lipinski definition) is 0. The summed E-state index contributed by atoms with van der Waals surface area (Å²) >= 11 is 0. The predicted molar refractivity (Wildman–Crippen MR) is 131 cm³/mol. The van der Waals surface area contributed by atoms with Gasteiger partial charge in [0.15, 0.2) is 0 Å². The molecule has 3 aromatic heterocycles. The molecule has 0 radical (unpaired) electrons. The van der Waals surface area contributed by atoms with Gasteiger partial charge >= 0.3 is 6.18 Å². The fourth-order valence-electron chi connectivity index (χ4n) is 3.86. The number of nitrogens with zero attached hydrogens (tertiary/aromatic N) is 5. The van der Waals surface area contributed by atoms with E-state index in [9.17, 15) is 13.2 Å². The number of ether oxygens (including phenoxy) is 2. The van der Waals surface area contributed by atoms with Gasteiger partial charge in [0.2, 0.25) is 11.7 Å². The van der Waals surface area contributed by atoms with Gasteiger partial charge in [0, 0.05) is 30.2 Å². The Morgan fingerprint density at radius 3 is 2.43 bits per heavy atom. The van der Waals surface area contributed by atoms with Crippen LogP contribution in [0, 0.1) is 6.92 Å². The van der Waals surface area contributed by atoms with Crippen molar-refractivity contribution in [2.45, 2.75) is 25.9 Å². The van der Waals surface area contributed by atoms with Crippen molar-refractivity contribution in [2.75, 3.05) is 6.61 Å². The van der Waals surface area contributed by atoms with Gasteiger partial charge in [-0.3, -0.25) is 4.40 Å². The molecule has 7 nitrogen and oxygen atoms in total. The fourth-order valence-corrected chi connectivity index (χ4v) is 3.86. The van der Waals surface area contributed by atoms with Crippen LogP contribution in [0.4, 0.5) is 13.2 Å². The summed E-state index contributed by atoms with van der Waals surface area (Å²) in [5, 5.41) is 0. The highest BCUT2D eigenvalue weighted by Gasteiger charge is 2.32. The Morgan fingerprint density at radius 1 is 0.919 bits per heavy atom. The van der Waals surface area contributed by atoms with E-state index in [2.05, 4.69) is 19.9 Å². The molecule has 0 bridgehead atoms. The summed E-state index contributed by atoms with van der Waals surface area (Å²) < 4.78 is 52.7. The van der Waals surface area contributed by atoms with E-state index in [0.717, 1.165) is 35.7 Å². The number of benzene rings is 2. The molecule has 3 heterocycles. The van der Waals surface area contributed by atoms with E-state index in [1.54, 1.807) is 36.8 Å². The number of halogens is 3. The van der Waals surface area contributed by atoms with E-state index >= 15 is 0 Å². The molecule has 0 saturated heterocycles. The maximum Gasteiger partial charge on any atom is 0.416 e. The van der Waals surface area contributed by atoms with Crippen LogP contribution in [-0.4, -0.2) is 30.9 Å². The Bertz CT molecular complexity index is 1500. The van der Waals surface area contributed by atoms with Crippen molar-refractivity contribution in [3.8, 4) is 28.6 Å². The Hall–Kier alpha value is -4.47. The van der Waals surface area contributed by atoms with Gasteiger partial charge in [0.1, 0.15) is 17.8 Å². The summed E-state index contributed by atoms with van der Waals surface area (Å²) in [5.41, 5.74) is 2.19. The zero-order valence-corrected chi connectivity index (χ0v) is 19.8. The van der Waals surface area contributed by atoms with Gasteiger partial charge in [-0.05, 0) is 55.2 Å². The minimum absolute atomic E-state index is 0.144. The second-order valence-electron chi connectivity index (χ2n) is 8.38. The van der Waals surface area contributed by atoms with Crippen LogP contribution in [0.2, 0.25) is 0 Å². The third-order valence-corrected chi connectivity index (χ3v) is 5.74. The lowest BCUT2D eigenvalue weighted by atomic mass is 10.1. The zero-order valence-electron chi connectivity index (χ0n) is 19.8. The first-order valence-corrected chi connectivity index (χ1v) is 11.5. The monoisotopic (exact) mass is 505 g/mol. The molecule has 0 N–H and O–H groups in total. The third kappa shape index (κ3) is 5.69. The summed E-state index contributed by atoms with van der Waals surface area (Å²) in [6.07, 6.45) is 5.55. The average molecular weight is 506 g/mol. The van der Waals surface area contributed by atoms with Gasteiger partial charge in [-0.2, -0.15) is 18.2 Å². The Kier molecular flexibility index (Phi) is 6.72. The lowest BCUT2D eigenvalue weighted by Gasteiger charge is -2.13. The Labute approximate surface area is 210 Å².